The molecule has 0 fully saturated rings. The quantitative estimate of drug-likeness (QED) is 0.696. The minimum absolute atomic E-state index is 0.200. The van der Waals surface area contributed by atoms with Crippen molar-refractivity contribution in [1.82, 2.24) is 10.3 Å². The molecule has 134 valence electrons. The summed E-state index contributed by atoms with van der Waals surface area (Å²) in [6.07, 6.45) is 4.01. The number of hydrogen-bond acceptors (Lipinski definition) is 5. The number of aromatic nitrogens is 1. The Bertz CT molecular complexity index is 759. The molecule has 0 atom stereocenters. The Morgan fingerprint density at radius 3 is 2.88 bits per heavy atom. The summed E-state index contributed by atoms with van der Waals surface area (Å²) in [5, 5.41) is 6.08. The molecule has 0 aliphatic heterocycles. The average molecular weight is 381 g/mol. The van der Waals surface area contributed by atoms with E-state index in [0.717, 1.165) is 22.7 Å². The fraction of sp³-hybridized carbons (Fsp3) is 0.333. The van der Waals surface area contributed by atoms with E-state index in [-0.39, 0.29) is 5.91 Å². The molecular formula is C18H21ClN2O3S. The Labute approximate surface area is 156 Å². The molecule has 5 nitrogen and oxygen atoms in total. The van der Waals surface area contributed by atoms with E-state index >= 15 is 0 Å². The molecule has 0 bridgehead atoms. The summed E-state index contributed by atoms with van der Waals surface area (Å²) in [6, 6.07) is 3.52. The third kappa shape index (κ3) is 5.76. The van der Waals surface area contributed by atoms with E-state index < -0.39 is 0 Å². The van der Waals surface area contributed by atoms with Crippen molar-refractivity contribution in [2.45, 2.75) is 26.8 Å². The Hall–Kier alpha value is -2.05. The van der Waals surface area contributed by atoms with E-state index in [1.54, 1.807) is 25.3 Å². The van der Waals surface area contributed by atoms with Crippen LogP contribution in [0.1, 0.15) is 29.6 Å². The van der Waals surface area contributed by atoms with Gasteiger partial charge in [-0.15, -0.1) is 11.3 Å². The Kier molecular flexibility index (Phi) is 7.28. The van der Waals surface area contributed by atoms with E-state index in [9.17, 15) is 4.79 Å². The van der Waals surface area contributed by atoms with Gasteiger partial charge in [0, 0.05) is 17.2 Å². The van der Waals surface area contributed by atoms with Crippen LogP contribution >= 0.6 is 22.9 Å². The normalized spacial score (nSPS) is 10.9. The second-order valence-corrected chi connectivity index (χ2v) is 6.67. The number of hydrogen-bond donors (Lipinski definition) is 1. The van der Waals surface area contributed by atoms with E-state index in [4.69, 9.17) is 21.1 Å². The van der Waals surface area contributed by atoms with Gasteiger partial charge in [0.1, 0.15) is 5.01 Å². The number of carbonyl (C=O) groups excluding carboxylic acids is 1. The highest BCUT2D eigenvalue weighted by Crippen LogP contribution is 2.36. The predicted octanol–water partition coefficient (Wildman–Crippen LogP) is 4.23. The highest BCUT2D eigenvalue weighted by Gasteiger charge is 2.11. The number of aryl methyl sites for hydroxylation is 1. The monoisotopic (exact) mass is 380 g/mol. The van der Waals surface area contributed by atoms with Gasteiger partial charge in [-0.2, -0.15) is 0 Å². The van der Waals surface area contributed by atoms with Crippen LogP contribution in [0.4, 0.5) is 0 Å². The molecule has 25 heavy (non-hydrogen) atoms. The SMILES string of the molecule is CCCOc1c(Cl)cc(/C=C/C(=O)NCc2nc(C)cs2)cc1OC. The number of ether oxygens (including phenoxy) is 2. The van der Waals surface area contributed by atoms with Gasteiger partial charge in [0.05, 0.1) is 25.3 Å². The van der Waals surface area contributed by atoms with Crippen LogP contribution in [0, 0.1) is 6.92 Å². The van der Waals surface area contributed by atoms with Gasteiger partial charge in [-0.25, -0.2) is 4.98 Å². The molecule has 0 saturated heterocycles. The highest BCUT2D eigenvalue weighted by molar-refractivity contribution is 7.09. The number of methoxy groups -OCH3 is 1. The van der Waals surface area contributed by atoms with Gasteiger partial charge in [0.15, 0.2) is 11.5 Å². The molecule has 0 unspecified atom stereocenters. The summed E-state index contributed by atoms with van der Waals surface area (Å²) < 4.78 is 10.9. The zero-order chi connectivity index (χ0) is 18.2. The molecule has 7 heteroatoms. The zero-order valence-electron chi connectivity index (χ0n) is 14.5. The number of halogens is 1. The van der Waals surface area contributed by atoms with E-state index in [1.165, 1.54) is 17.4 Å². The van der Waals surface area contributed by atoms with Crippen molar-refractivity contribution >= 4 is 34.9 Å². The zero-order valence-corrected chi connectivity index (χ0v) is 16.0. The van der Waals surface area contributed by atoms with Crippen LogP contribution < -0.4 is 14.8 Å². The minimum atomic E-state index is -0.200. The predicted molar refractivity (Wildman–Crippen MR) is 102 cm³/mol. The molecule has 0 aliphatic carbocycles. The topological polar surface area (TPSA) is 60.5 Å². The van der Waals surface area contributed by atoms with Gasteiger partial charge in [-0.3, -0.25) is 4.79 Å². The Morgan fingerprint density at radius 1 is 1.44 bits per heavy atom. The summed E-state index contributed by atoms with van der Waals surface area (Å²) >= 11 is 7.78. The van der Waals surface area contributed by atoms with Crippen molar-refractivity contribution in [3.8, 4) is 11.5 Å². The van der Waals surface area contributed by atoms with E-state index in [2.05, 4.69) is 10.3 Å². The first-order chi connectivity index (χ1) is 12.0. The molecule has 0 spiro atoms. The summed E-state index contributed by atoms with van der Waals surface area (Å²) in [4.78, 5) is 16.2. The van der Waals surface area contributed by atoms with Crippen LogP contribution in [0.5, 0.6) is 11.5 Å². The van der Waals surface area contributed by atoms with Crippen molar-refractivity contribution in [1.29, 1.82) is 0 Å². The first-order valence-corrected chi connectivity index (χ1v) is 9.16. The molecule has 1 heterocycles. The highest BCUT2D eigenvalue weighted by atomic mass is 35.5. The fourth-order valence-corrected chi connectivity index (χ4v) is 3.04. The van der Waals surface area contributed by atoms with Crippen LogP contribution in [-0.2, 0) is 11.3 Å². The first kappa shape index (κ1) is 19.3. The van der Waals surface area contributed by atoms with Gasteiger partial charge in [0.2, 0.25) is 5.91 Å². The van der Waals surface area contributed by atoms with Crippen molar-refractivity contribution in [3.05, 3.63) is 44.9 Å². The van der Waals surface area contributed by atoms with Crippen LogP contribution in [0.2, 0.25) is 5.02 Å². The van der Waals surface area contributed by atoms with Gasteiger partial charge in [-0.05, 0) is 37.1 Å². The molecule has 1 amide bonds. The lowest BCUT2D eigenvalue weighted by Gasteiger charge is -2.12. The first-order valence-electron chi connectivity index (χ1n) is 7.90. The van der Waals surface area contributed by atoms with E-state index in [1.807, 2.05) is 19.2 Å². The lowest BCUT2D eigenvalue weighted by molar-refractivity contribution is -0.116. The number of thiazole rings is 1. The number of rotatable bonds is 8. The number of nitrogens with zero attached hydrogens (tertiary/aromatic N) is 1. The maximum absolute atomic E-state index is 11.9. The van der Waals surface area contributed by atoms with Crippen molar-refractivity contribution in [3.63, 3.8) is 0 Å². The summed E-state index contributed by atoms with van der Waals surface area (Å²) in [6.45, 7) is 4.91. The van der Waals surface area contributed by atoms with Gasteiger partial charge in [-0.1, -0.05) is 18.5 Å². The van der Waals surface area contributed by atoms with Crippen molar-refractivity contribution in [2.24, 2.45) is 0 Å². The lowest BCUT2D eigenvalue weighted by atomic mass is 10.2. The summed E-state index contributed by atoms with van der Waals surface area (Å²) in [5.41, 5.74) is 1.71. The number of carbonyl (C=O) groups is 1. The van der Waals surface area contributed by atoms with Crippen LogP contribution in [0.15, 0.2) is 23.6 Å². The van der Waals surface area contributed by atoms with Gasteiger partial charge >= 0.3 is 0 Å². The third-order valence-electron chi connectivity index (χ3n) is 3.21. The molecule has 2 aromatic rings. The standard InChI is InChI=1S/C18H21ClN2O3S/c1-4-7-24-18-14(19)8-13(9-15(18)23-3)5-6-16(22)20-10-17-21-12(2)11-25-17/h5-6,8-9,11H,4,7,10H2,1-3H3,(H,20,22)/b6-5+. The molecule has 1 aromatic heterocycles. The second kappa shape index (κ2) is 9.44. The Balaban J connectivity index is 2.01. The summed E-state index contributed by atoms with van der Waals surface area (Å²) in [5.74, 6) is 0.861. The number of benzene rings is 1. The van der Waals surface area contributed by atoms with Crippen LogP contribution in [0.3, 0.4) is 0 Å². The van der Waals surface area contributed by atoms with Gasteiger partial charge in [0.25, 0.3) is 0 Å². The molecule has 1 N–H and O–H groups in total. The smallest absolute Gasteiger partial charge is 0.244 e. The van der Waals surface area contributed by atoms with Gasteiger partial charge < -0.3 is 14.8 Å². The fourth-order valence-electron chi connectivity index (χ4n) is 2.06. The minimum Gasteiger partial charge on any atom is -0.493 e. The molecular weight excluding hydrogens is 360 g/mol. The van der Waals surface area contributed by atoms with Crippen molar-refractivity contribution < 1.29 is 14.3 Å². The average Bonchev–Trinajstić information content (AvgIpc) is 3.02. The van der Waals surface area contributed by atoms with Crippen LogP contribution in [-0.4, -0.2) is 24.6 Å². The van der Waals surface area contributed by atoms with E-state index in [0.29, 0.717) is 29.7 Å². The number of amides is 1. The second-order valence-electron chi connectivity index (χ2n) is 5.32. The van der Waals surface area contributed by atoms with Crippen LogP contribution in [0.25, 0.3) is 6.08 Å². The molecule has 1 aromatic carbocycles. The Morgan fingerprint density at radius 2 is 2.24 bits per heavy atom. The van der Waals surface area contributed by atoms with Crippen molar-refractivity contribution in [2.75, 3.05) is 13.7 Å². The summed E-state index contributed by atoms with van der Waals surface area (Å²) in [7, 11) is 1.56. The molecule has 2 rings (SSSR count). The molecule has 0 saturated carbocycles. The number of nitrogens with one attached hydrogen (secondary N) is 1. The third-order valence-corrected chi connectivity index (χ3v) is 4.46. The molecule has 0 aliphatic rings. The largest absolute Gasteiger partial charge is 0.493 e. The molecule has 0 radical (unpaired) electrons. The maximum Gasteiger partial charge on any atom is 0.244 e. The maximum atomic E-state index is 11.9. The lowest BCUT2D eigenvalue weighted by Crippen LogP contribution is -2.20.